The molecule has 304 valence electrons. The lowest BCUT2D eigenvalue weighted by Crippen LogP contribution is -2.64. The fourth-order valence-electron chi connectivity index (χ4n) is 6.50. The van der Waals surface area contributed by atoms with E-state index in [1.807, 2.05) is 0 Å². The van der Waals surface area contributed by atoms with Crippen LogP contribution in [-0.2, 0) is 23.7 Å². The molecule has 6 rings (SSSR count). The predicted octanol–water partition coefficient (Wildman–Crippen LogP) is -2.96. The van der Waals surface area contributed by atoms with Gasteiger partial charge in [0.1, 0.15) is 95.4 Å². The Bertz CT molecular complexity index is 1820. The standard InChI is InChI=1S/C35H44O20/c1-12-21(37)27(43)32(55-34-30(46)25(41)22(38)18(10-36)53-34)35(50-12)49-11-19-23(39)26(42)29(45)33(54-19)51-14-6-4-13(5-7-14)31-28(44)24(40)20-16(48-3)8-15(47-2)9-17(20)52-31/h4-9,12,18-19,21-23,25-27,29-30,32-39,41-46H,10-11H2,1-3H3/t12-,18+,19+,21-,22+,23+,25-,26-,27+,29+,30+,32+,33+,34-,35+/m1/s1. The summed E-state index contributed by atoms with van der Waals surface area (Å²) in [4.78, 5) is 13.1. The minimum absolute atomic E-state index is 0.00222. The molecule has 3 aliphatic rings. The number of hydrogen-bond acceptors (Lipinski definition) is 20. The van der Waals surface area contributed by atoms with Gasteiger partial charge in [-0.05, 0) is 31.2 Å². The Morgan fingerprint density at radius 3 is 1.96 bits per heavy atom. The molecule has 2 aromatic carbocycles. The second-order valence-electron chi connectivity index (χ2n) is 13.3. The number of benzene rings is 2. The van der Waals surface area contributed by atoms with Crippen molar-refractivity contribution in [3.63, 3.8) is 0 Å². The summed E-state index contributed by atoms with van der Waals surface area (Å²) in [5.41, 5.74) is -0.410. The number of methoxy groups -OCH3 is 2. The van der Waals surface area contributed by atoms with Crippen LogP contribution in [0.3, 0.4) is 0 Å². The summed E-state index contributed by atoms with van der Waals surface area (Å²) in [7, 11) is 2.77. The van der Waals surface area contributed by atoms with Crippen LogP contribution >= 0.6 is 0 Å². The Morgan fingerprint density at radius 2 is 1.33 bits per heavy atom. The summed E-state index contributed by atoms with van der Waals surface area (Å²) < 4.78 is 50.4. The van der Waals surface area contributed by atoms with Crippen molar-refractivity contribution in [3.8, 4) is 34.3 Å². The van der Waals surface area contributed by atoms with Crippen LogP contribution in [0.5, 0.6) is 23.0 Å². The Kier molecular flexibility index (Phi) is 12.5. The Balaban J connectivity index is 1.16. The van der Waals surface area contributed by atoms with Crippen molar-refractivity contribution in [1.29, 1.82) is 0 Å². The lowest BCUT2D eigenvalue weighted by Gasteiger charge is -2.46. The Labute approximate surface area is 311 Å². The molecule has 1 aromatic heterocycles. The van der Waals surface area contributed by atoms with Crippen LogP contribution in [0.15, 0.2) is 45.6 Å². The minimum Gasteiger partial charge on any atom is -0.502 e. The van der Waals surface area contributed by atoms with Crippen molar-refractivity contribution >= 4 is 11.0 Å². The molecule has 15 atom stereocenters. The van der Waals surface area contributed by atoms with Gasteiger partial charge in [-0.3, -0.25) is 4.79 Å². The molecule has 3 aromatic rings. The lowest BCUT2D eigenvalue weighted by molar-refractivity contribution is -0.369. The third-order valence-electron chi connectivity index (χ3n) is 9.75. The van der Waals surface area contributed by atoms with E-state index in [1.165, 1.54) is 57.5 Å². The lowest BCUT2D eigenvalue weighted by atomic mass is 9.97. The molecular formula is C35H44O20. The normalized spacial score (nSPS) is 36.8. The molecule has 0 amide bonds. The molecule has 55 heavy (non-hydrogen) atoms. The molecule has 3 saturated heterocycles. The van der Waals surface area contributed by atoms with Crippen LogP contribution in [0.25, 0.3) is 22.3 Å². The van der Waals surface area contributed by atoms with Crippen molar-refractivity contribution in [3.05, 3.63) is 46.6 Å². The van der Waals surface area contributed by atoms with Gasteiger partial charge in [0.05, 0.1) is 33.5 Å². The molecule has 20 heteroatoms. The van der Waals surface area contributed by atoms with Crippen LogP contribution in [0.4, 0.5) is 0 Å². The molecule has 3 aliphatic heterocycles. The highest BCUT2D eigenvalue weighted by Gasteiger charge is 2.51. The van der Waals surface area contributed by atoms with Crippen LogP contribution < -0.4 is 19.6 Å². The summed E-state index contributed by atoms with van der Waals surface area (Å²) >= 11 is 0. The number of aliphatic hydroxyl groups is 9. The van der Waals surface area contributed by atoms with Crippen molar-refractivity contribution in [2.75, 3.05) is 27.4 Å². The zero-order chi connectivity index (χ0) is 39.9. The van der Waals surface area contributed by atoms with Crippen molar-refractivity contribution < 1.29 is 93.4 Å². The molecule has 20 nitrogen and oxygen atoms in total. The van der Waals surface area contributed by atoms with Gasteiger partial charge in [0, 0.05) is 17.7 Å². The van der Waals surface area contributed by atoms with Gasteiger partial charge in [-0.1, -0.05) is 0 Å². The van der Waals surface area contributed by atoms with E-state index in [-0.39, 0.29) is 33.8 Å². The van der Waals surface area contributed by atoms with E-state index < -0.39 is 117 Å². The zero-order valence-electron chi connectivity index (χ0n) is 29.6. The topological polar surface area (TPSA) is 306 Å². The monoisotopic (exact) mass is 784 g/mol. The van der Waals surface area contributed by atoms with Gasteiger partial charge in [0.25, 0.3) is 0 Å². The molecule has 0 radical (unpaired) electrons. The third kappa shape index (κ3) is 7.97. The largest absolute Gasteiger partial charge is 0.502 e. The molecule has 0 aliphatic carbocycles. The SMILES string of the molecule is COc1cc(OC)c2c(=O)c(O)c(-c3ccc(O[C@H]4O[C@@H](CO[C@H]5O[C@H](C)[C@@H](O)[C@H](O)[C@@H]5O[C@H]5O[C@@H](CO)[C@H](O)[C@@H](O)[C@@H]5O)[C@H](O)[C@@H](O)[C@@H]4O)cc3)oc2c1. The average molecular weight is 785 g/mol. The molecule has 0 saturated carbocycles. The van der Waals surface area contributed by atoms with E-state index in [0.29, 0.717) is 5.75 Å². The molecule has 0 bridgehead atoms. The number of fused-ring (bicyclic) bond motifs is 1. The highest BCUT2D eigenvalue weighted by Crippen LogP contribution is 2.37. The van der Waals surface area contributed by atoms with Gasteiger partial charge in [0.2, 0.25) is 17.5 Å². The predicted molar refractivity (Wildman–Crippen MR) is 181 cm³/mol. The van der Waals surface area contributed by atoms with Gasteiger partial charge >= 0.3 is 0 Å². The van der Waals surface area contributed by atoms with Crippen LogP contribution in [-0.4, -0.2) is 171 Å². The van der Waals surface area contributed by atoms with Gasteiger partial charge in [-0.15, -0.1) is 0 Å². The van der Waals surface area contributed by atoms with Crippen LogP contribution in [0.2, 0.25) is 0 Å². The van der Waals surface area contributed by atoms with Crippen LogP contribution in [0.1, 0.15) is 6.92 Å². The Morgan fingerprint density at radius 1 is 0.691 bits per heavy atom. The molecule has 0 spiro atoms. The number of aromatic hydroxyl groups is 1. The first-order valence-corrected chi connectivity index (χ1v) is 17.2. The van der Waals surface area contributed by atoms with E-state index in [9.17, 15) is 55.9 Å². The highest BCUT2D eigenvalue weighted by atomic mass is 16.8. The second kappa shape index (κ2) is 16.8. The molecule has 0 unspecified atom stereocenters. The number of rotatable bonds is 11. The van der Waals surface area contributed by atoms with Crippen molar-refractivity contribution in [1.82, 2.24) is 0 Å². The van der Waals surface area contributed by atoms with E-state index >= 15 is 0 Å². The average Bonchev–Trinajstić information content (AvgIpc) is 3.19. The number of hydrogen-bond donors (Lipinski definition) is 10. The smallest absolute Gasteiger partial charge is 0.238 e. The summed E-state index contributed by atoms with van der Waals surface area (Å²) in [5, 5.41) is 105. The molecule has 3 fully saturated rings. The van der Waals surface area contributed by atoms with Crippen molar-refractivity contribution in [2.24, 2.45) is 0 Å². The number of aliphatic hydroxyl groups excluding tert-OH is 9. The van der Waals surface area contributed by atoms with E-state index in [1.54, 1.807) is 0 Å². The molecule has 10 N–H and O–H groups in total. The number of ether oxygens (including phenoxy) is 8. The first-order chi connectivity index (χ1) is 26.2. The summed E-state index contributed by atoms with van der Waals surface area (Å²) in [6.07, 6.45) is -24.2. The third-order valence-corrected chi connectivity index (χ3v) is 9.75. The zero-order valence-corrected chi connectivity index (χ0v) is 29.6. The fraction of sp³-hybridized carbons (Fsp3) is 0.571. The summed E-state index contributed by atoms with van der Waals surface area (Å²) in [6, 6.07) is 8.60. The second-order valence-corrected chi connectivity index (χ2v) is 13.3. The summed E-state index contributed by atoms with van der Waals surface area (Å²) in [5.74, 6) is -0.302. The van der Waals surface area contributed by atoms with Gasteiger partial charge in [-0.25, -0.2) is 0 Å². The Hall–Kier alpha value is -3.71. The first-order valence-electron chi connectivity index (χ1n) is 17.2. The molecular weight excluding hydrogens is 740 g/mol. The highest BCUT2D eigenvalue weighted by molar-refractivity contribution is 5.88. The maximum atomic E-state index is 13.1. The van der Waals surface area contributed by atoms with E-state index in [4.69, 9.17) is 42.3 Å². The summed E-state index contributed by atoms with van der Waals surface area (Å²) in [6.45, 7) is 0.0674. The van der Waals surface area contributed by atoms with Gasteiger partial charge in [-0.2, -0.15) is 0 Å². The minimum atomic E-state index is -1.86. The van der Waals surface area contributed by atoms with Crippen LogP contribution in [0, 0.1) is 0 Å². The van der Waals surface area contributed by atoms with E-state index in [0.717, 1.165) is 0 Å². The molecule has 4 heterocycles. The van der Waals surface area contributed by atoms with E-state index in [2.05, 4.69) is 0 Å². The first kappa shape index (κ1) is 40.9. The fourth-order valence-corrected chi connectivity index (χ4v) is 6.50. The van der Waals surface area contributed by atoms with Gasteiger partial charge in [0.15, 0.2) is 18.3 Å². The maximum absolute atomic E-state index is 13.1. The quantitative estimate of drug-likeness (QED) is 0.0929. The van der Waals surface area contributed by atoms with Gasteiger partial charge < -0.3 is 93.4 Å². The maximum Gasteiger partial charge on any atom is 0.238 e. The van der Waals surface area contributed by atoms with Crippen molar-refractivity contribution in [2.45, 2.75) is 99.0 Å².